The van der Waals surface area contributed by atoms with Crippen LogP contribution in [0.4, 0.5) is 0 Å². The molecular formula is C53H70Cl2N2O12. The number of hydrogen-bond donors (Lipinski definition) is 8. The van der Waals surface area contributed by atoms with Crippen LogP contribution >= 0.6 is 23.2 Å². The van der Waals surface area contributed by atoms with E-state index in [1.165, 1.54) is 82.1 Å². The molecule has 0 aromatic heterocycles. The summed E-state index contributed by atoms with van der Waals surface area (Å²) in [6.07, 6.45) is 16.3. The third-order valence-electron chi connectivity index (χ3n) is 17.1. The van der Waals surface area contributed by atoms with Crippen molar-refractivity contribution in [2.45, 2.75) is 149 Å². The number of aliphatic carboxylic acids is 4. The zero-order valence-corrected chi connectivity index (χ0v) is 41.9. The molecule has 0 spiro atoms. The average Bonchev–Trinajstić information content (AvgIpc) is 3.63. The number of benzene rings is 2. The van der Waals surface area contributed by atoms with Crippen molar-refractivity contribution in [3.63, 3.8) is 0 Å². The molecule has 2 amide bonds. The number of carboxylic acid groups (broad SMARTS) is 4. The van der Waals surface area contributed by atoms with E-state index in [1.807, 2.05) is 6.08 Å². The topological polar surface area (TPSA) is 248 Å². The second-order valence-electron chi connectivity index (χ2n) is 21.7. The van der Waals surface area contributed by atoms with Crippen LogP contribution < -0.4 is 10.6 Å². The summed E-state index contributed by atoms with van der Waals surface area (Å²) in [6, 6.07) is 1.46. The fourth-order valence-electron chi connectivity index (χ4n) is 13.6. The summed E-state index contributed by atoms with van der Waals surface area (Å²) in [5, 5.41) is 63.3. The van der Waals surface area contributed by atoms with Crippen LogP contribution in [0, 0.1) is 58.2 Å². The Labute approximate surface area is 414 Å². The van der Waals surface area contributed by atoms with Gasteiger partial charge in [0.2, 0.25) is 0 Å². The first-order valence-electron chi connectivity index (χ1n) is 24.7. The minimum absolute atomic E-state index is 0.202. The van der Waals surface area contributed by atoms with E-state index < -0.39 is 83.2 Å². The number of amides is 2. The monoisotopic (exact) mass is 996 g/mol. The standard InChI is InChI=1S/C53H70Cl2N2O12/c1-27(2)8-6-9-28(3)37-14-15-38-34-13-12-32-20-29(16-18-52(32,4)39(34)17-19-53(37,38)5)10-7-11-33(30-21-35(46(62)40(54)23-30)48(64)56-42(50(66)67)25-44(58)59)31-22-36(47(63)41(55)24-31)49(65)57-43(51(68)69)26-45(60)61/h11,21-24,27-29,32,34,37-39,42-43,62-63H,6-10,12-20,25-26H2,1-5H3,(H,56,64)(H,57,65)(H,58,59)(H,60,61)(H,66,67)(H,68,69)/t28-,29+,32?,34+,37-,38+,39+,42+,43+,52+,53-/m1/s1. The lowest BCUT2D eigenvalue weighted by Gasteiger charge is -2.61. The molecule has 0 bridgehead atoms. The number of aromatic hydroxyl groups is 2. The van der Waals surface area contributed by atoms with E-state index in [1.54, 1.807) is 0 Å². The zero-order chi connectivity index (χ0) is 50.7. The average molecular weight is 998 g/mol. The maximum Gasteiger partial charge on any atom is 0.326 e. The molecule has 2 aromatic carbocycles. The van der Waals surface area contributed by atoms with Gasteiger partial charge in [-0.2, -0.15) is 0 Å². The van der Waals surface area contributed by atoms with Crippen molar-refractivity contribution in [1.82, 2.24) is 10.6 Å². The molecule has 4 aliphatic carbocycles. The maximum absolute atomic E-state index is 13.5. The Hall–Kier alpha value is -4.82. The number of hydrogen-bond acceptors (Lipinski definition) is 8. The SMILES string of the molecule is CC(C)CCC[C@@H](C)[C@H]1CC[C@H]2[C@@H]3CCC4C[C@@H](CCC=C(c5cc(Cl)c(O)c(C(=O)N[C@@H](CC(=O)O)C(=O)O)c5)c5cc(Cl)c(O)c(C(=O)N[C@@H](CC(=O)O)C(=O)O)c5)CC[C@]4(C)[C@H]3CC[C@]12C. The highest BCUT2D eigenvalue weighted by Gasteiger charge is 2.60. The lowest BCUT2D eigenvalue weighted by Crippen LogP contribution is -2.53. The molecule has 16 heteroatoms. The second-order valence-corrected chi connectivity index (χ2v) is 22.5. The van der Waals surface area contributed by atoms with Crippen molar-refractivity contribution in [1.29, 1.82) is 0 Å². The first-order chi connectivity index (χ1) is 32.4. The minimum Gasteiger partial charge on any atom is -0.506 e. The Bertz CT molecular complexity index is 2230. The third-order valence-corrected chi connectivity index (χ3v) is 17.7. The van der Waals surface area contributed by atoms with Crippen LogP contribution in [0.3, 0.4) is 0 Å². The molecule has 4 fully saturated rings. The molecule has 0 saturated heterocycles. The van der Waals surface area contributed by atoms with Crippen molar-refractivity contribution >= 4 is 64.5 Å². The number of nitrogens with one attached hydrogen (secondary N) is 2. The van der Waals surface area contributed by atoms with Gasteiger partial charge in [-0.1, -0.05) is 83.2 Å². The van der Waals surface area contributed by atoms with Gasteiger partial charge in [0.25, 0.3) is 11.8 Å². The Morgan fingerprint density at radius 1 is 0.696 bits per heavy atom. The van der Waals surface area contributed by atoms with Gasteiger partial charge in [-0.15, -0.1) is 0 Å². The van der Waals surface area contributed by atoms with E-state index in [0.717, 1.165) is 61.2 Å². The van der Waals surface area contributed by atoms with Crippen LogP contribution in [0.2, 0.25) is 10.0 Å². The lowest BCUT2D eigenvalue weighted by atomic mass is 9.44. The predicted molar refractivity (Wildman–Crippen MR) is 261 cm³/mol. The van der Waals surface area contributed by atoms with Crippen molar-refractivity contribution < 1.29 is 59.4 Å². The fraction of sp³-hybridized carbons (Fsp3) is 0.623. The number of rotatable bonds is 20. The van der Waals surface area contributed by atoms with E-state index in [0.29, 0.717) is 29.2 Å². The van der Waals surface area contributed by atoms with Gasteiger partial charge in [0.1, 0.15) is 23.6 Å². The summed E-state index contributed by atoms with van der Waals surface area (Å²) < 4.78 is 0. The first kappa shape index (κ1) is 53.5. The van der Waals surface area contributed by atoms with Gasteiger partial charge in [0.05, 0.1) is 34.0 Å². The van der Waals surface area contributed by atoms with Crippen LogP contribution in [0.15, 0.2) is 30.3 Å². The highest BCUT2D eigenvalue weighted by Crippen LogP contribution is 2.69. The molecule has 4 saturated carbocycles. The van der Waals surface area contributed by atoms with Crippen LogP contribution in [-0.4, -0.2) is 78.4 Å². The number of halogens is 2. The molecule has 11 atom stereocenters. The van der Waals surface area contributed by atoms with Crippen molar-refractivity contribution in [3.05, 3.63) is 62.6 Å². The molecule has 0 heterocycles. The molecule has 378 valence electrons. The quantitative estimate of drug-likeness (QED) is 0.0617. The Morgan fingerprint density at radius 3 is 1.72 bits per heavy atom. The summed E-state index contributed by atoms with van der Waals surface area (Å²) in [4.78, 5) is 73.5. The lowest BCUT2D eigenvalue weighted by molar-refractivity contribution is -0.145. The number of carboxylic acids is 4. The predicted octanol–water partition coefficient (Wildman–Crippen LogP) is 10.7. The van der Waals surface area contributed by atoms with E-state index in [4.69, 9.17) is 23.2 Å². The Morgan fingerprint density at radius 2 is 1.22 bits per heavy atom. The van der Waals surface area contributed by atoms with Crippen LogP contribution in [0.1, 0.15) is 169 Å². The molecule has 6 rings (SSSR count). The number of carbonyl (C=O) groups excluding carboxylic acids is 2. The number of allylic oxidation sites excluding steroid dienone is 1. The molecule has 14 nitrogen and oxygen atoms in total. The fourth-order valence-corrected chi connectivity index (χ4v) is 14.0. The molecule has 4 aliphatic rings. The number of phenolic OH excluding ortho intramolecular Hbond substituents is 2. The Kier molecular flexibility index (Phi) is 17.1. The van der Waals surface area contributed by atoms with Gasteiger partial charge in [0.15, 0.2) is 0 Å². The highest BCUT2D eigenvalue weighted by atomic mass is 35.5. The van der Waals surface area contributed by atoms with Gasteiger partial charge in [-0.25, -0.2) is 9.59 Å². The molecule has 0 radical (unpaired) electrons. The van der Waals surface area contributed by atoms with E-state index >= 15 is 0 Å². The third kappa shape index (κ3) is 11.9. The number of carbonyl (C=O) groups is 6. The molecule has 1 unspecified atom stereocenters. The summed E-state index contributed by atoms with van der Waals surface area (Å²) in [5.41, 5.74) is 0.478. The van der Waals surface area contributed by atoms with Crippen LogP contribution in [0.5, 0.6) is 11.5 Å². The molecule has 0 aliphatic heterocycles. The van der Waals surface area contributed by atoms with Gasteiger partial charge >= 0.3 is 23.9 Å². The molecule has 2 aromatic rings. The molecule has 8 N–H and O–H groups in total. The van der Waals surface area contributed by atoms with E-state index in [-0.39, 0.29) is 26.6 Å². The smallest absolute Gasteiger partial charge is 0.326 e. The van der Waals surface area contributed by atoms with Gasteiger partial charge in [0, 0.05) is 0 Å². The van der Waals surface area contributed by atoms with Crippen molar-refractivity contribution in [3.8, 4) is 11.5 Å². The largest absolute Gasteiger partial charge is 0.506 e. The number of fused-ring (bicyclic) bond motifs is 5. The zero-order valence-electron chi connectivity index (χ0n) is 40.4. The van der Waals surface area contributed by atoms with Crippen molar-refractivity contribution in [2.24, 2.45) is 58.2 Å². The summed E-state index contributed by atoms with van der Waals surface area (Å²) in [6.45, 7) is 12.4. The molecular weight excluding hydrogens is 927 g/mol. The maximum atomic E-state index is 13.5. The van der Waals surface area contributed by atoms with Gasteiger partial charge in [-0.05, 0) is 170 Å². The first-order valence-corrected chi connectivity index (χ1v) is 25.5. The van der Waals surface area contributed by atoms with Gasteiger partial charge < -0.3 is 41.3 Å². The number of phenols is 2. The molecule has 69 heavy (non-hydrogen) atoms. The summed E-state index contributed by atoms with van der Waals surface area (Å²) >= 11 is 13.0. The van der Waals surface area contributed by atoms with E-state index in [9.17, 15) is 59.4 Å². The summed E-state index contributed by atoms with van der Waals surface area (Å²) in [7, 11) is 0. The van der Waals surface area contributed by atoms with Crippen LogP contribution in [-0.2, 0) is 19.2 Å². The summed E-state index contributed by atoms with van der Waals surface area (Å²) in [5.74, 6) is -4.31. The minimum atomic E-state index is -1.85. The van der Waals surface area contributed by atoms with Gasteiger partial charge in [-0.3, -0.25) is 19.2 Å². The van der Waals surface area contributed by atoms with Crippen LogP contribution in [0.25, 0.3) is 5.57 Å². The van der Waals surface area contributed by atoms with E-state index in [2.05, 4.69) is 45.3 Å². The van der Waals surface area contributed by atoms with Crippen molar-refractivity contribution in [2.75, 3.05) is 0 Å². The highest BCUT2D eigenvalue weighted by molar-refractivity contribution is 6.33. The normalized spacial score (nSPS) is 27.4. The Balaban J connectivity index is 1.26. The second kappa shape index (κ2) is 22.1.